The number of carbonyl (C=O) groups is 2. The second-order valence-electron chi connectivity index (χ2n) is 4.35. The summed E-state index contributed by atoms with van der Waals surface area (Å²) < 4.78 is 0. The van der Waals surface area contributed by atoms with Crippen molar-refractivity contribution < 1.29 is 9.59 Å². The topological polar surface area (TPSA) is 52.7 Å². The summed E-state index contributed by atoms with van der Waals surface area (Å²) in [5.74, 6) is -0.360. The molecule has 3 aliphatic heterocycles. The summed E-state index contributed by atoms with van der Waals surface area (Å²) in [7, 11) is 0. The van der Waals surface area contributed by atoms with Crippen LogP contribution in [0.3, 0.4) is 0 Å². The summed E-state index contributed by atoms with van der Waals surface area (Å²) in [5, 5.41) is 2.38. The van der Waals surface area contributed by atoms with Crippen molar-refractivity contribution in [2.45, 2.75) is 18.9 Å². The number of imide groups is 1. The third-order valence-corrected chi connectivity index (χ3v) is 3.20. The molecule has 1 N–H and O–H groups in total. The summed E-state index contributed by atoms with van der Waals surface area (Å²) in [6.45, 7) is 0.669. The van der Waals surface area contributed by atoms with E-state index in [4.69, 9.17) is 0 Å². The number of rotatable bonds is 1. The second-order valence-corrected chi connectivity index (χ2v) is 4.35. The van der Waals surface area contributed by atoms with Crippen LogP contribution >= 0.6 is 0 Å². The highest BCUT2D eigenvalue weighted by atomic mass is 16.2. The average molecular weight is 231 g/mol. The fourth-order valence-electron chi connectivity index (χ4n) is 2.31. The van der Waals surface area contributed by atoms with E-state index in [-0.39, 0.29) is 17.9 Å². The van der Waals surface area contributed by atoms with Gasteiger partial charge in [0, 0.05) is 18.8 Å². The van der Waals surface area contributed by atoms with E-state index in [1.54, 1.807) is 0 Å². The number of fused-ring (bicyclic) bond motifs is 1. The van der Waals surface area contributed by atoms with Crippen molar-refractivity contribution in [2.24, 2.45) is 0 Å². The van der Waals surface area contributed by atoms with Gasteiger partial charge in [-0.05, 0) is 18.6 Å². The van der Waals surface area contributed by atoms with E-state index in [1.165, 1.54) is 0 Å². The van der Waals surface area contributed by atoms with Crippen LogP contribution in [0.15, 0.2) is 36.3 Å². The zero-order chi connectivity index (χ0) is 11.8. The van der Waals surface area contributed by atoms with Crippen LogP contribution in [-0.2, 0) is 9.59 Å². The zero-order valence-electron chi connectivity index (χ0n) is 9.30. The Morgan fingerprint density at radius 1 is 1.29 bits per heavy atom. The van der Waals surface area contributed by atoms with E-state index in [1.807, 2.05) is 35.5 Å². The number of nitrogens with zero attached hydrogens (tertiary/aromatic N) is 2. The number of hydrogen-bond donors (Lipinski definition) is 1. The van der Waals surface area contributed by atoms with Gasteiger partial charge >= 0.3 is 0 Å². The highest BCUT2D eigenvalue weighted by Gasteiger charge is 2.33. The SMILES string of the molecule is O=C1CC[C@@H](N2C=C3C=CC=CN3C2)C(=O)N1. The Balaban J connectivity index is 1.77. The largest absolute Gasteiger partial charge is 0.346 e. The molecule has 1 fully saturated rings. The molecule has 0 saturated carbocycles. The standard InChI is InChI=1S/C12H13N3O2/c16-11-5-4-10(12(17)13-11)15-7-9-3-1-2-6-14(9)8-15/h1-3,6-7,10H,4-5,8H2,(H,13,16,17)/t10-/m1/s1. The van der Waals surface area contributed by atoms with Crippen molar-refractivity contribution in [3.05, 3.63) is 36.3 Å². The smallest absolute Gasteiger partial charge is 0.249 e. The molecule has 0 radical (unpaired) electrons. The Kier molecular flexibility index (Phi) is 2.24. The molecule has 1 saturated heterocycles. The predicted molar refractivity (Wildman–Crippen MR) is 61.1 cm³/mol. The summed E-state index contributed by atoms with van der Waals surface area (Å²) >= 11 is 0. The van der Waals surface area contributed by atoms with Crippen molar-refractivity contribution in [3.8, 4) is 0 Å². The normalized spacial score (nSPS) is 27.1. The van der Waals surface area contributed by atoms with Gasteiger partial charge in [-0.25, -0.2) is 0 Å². The minimum atomic E-state index is -0.229. The van der Waals surface area contributed by atoms with Crippen molar-refractivity contribution in [3.63, 3.8) is 0 Å². The Morgan fingerprint density at radius 2 is 2.18 bits per heavy atom. The van der Waals surface area contributed by atoms with Crippen LogP contribution in [0.2, 0.25) is 0 Å². The van der Waals surface area contributed by atoms with Crippen LogP contribution in [0.1, 0.15) is 12.8 Å². The van der Waals surface area contributed by atoms with E-state index < -0.39 is 0 Å². The summed E-state index contributed by atoms with van der Waals surface area (Å²) in [4.78, 5) is 26.9. The van der Waals surface area contributed by atoms with Crippen molar-refractivity contribution in [2.75, 3.05) is 6.67 Å². The lowest BCUT2D eigenvalue weighted by molar-refractivity contribution is -0.136. The van der Waals surface area contributed by atoms with Gasteiger partial charge in [-0.1, -0.05) is 6.08 Å². The molecule has 5 heteroatoms. The van der Waals surface area contributed by atoms with Crippen LogP contribution in [-0.4, -0.2) is 34.3 Å². The van der Waals surface area contributed by atoms with Crippen LogP contribution < -0.4 is 5.32 Å². The summed E-state index contributed by atoms with van der Waals surface area (Å²) in [5.41, 5.74) is 1.08. The number of allylic oxidation sites excluding steroid dienone is 3. The van der Waals surface area contributed by atoms with Gasteiger partial charge < -0.3 is 9.80 Å². The predicted octanol–water partition coefficient (Wildman–Crippen LogP) is 0.292. The average Bonchev–Trinajstić information content (AvgIpc) is 2.72. The van der Waals surface area contributed by atoms with Gasteiger partial charge in [0.05, 0.1) is 12.4 Å². The lowest BCUT2D eigenvalue weighted by Crippen LogP contribution is -2.51. The molecule has 0 spiro atoms. The van der Waals surface area contributed by atoms with Crippen LogP contribution in [0.25, 0.3) is 0 Å². The summed E-state index contributed by atoms with van der Waals surface area (Å²) in [6, 6.07) is -0.229. The van der Waals surface area contributed by atoms with Crippen LogP contribution in [0.4, 0.5) is 0 Å². The monoisotopic (exact) mass is 231 g/mol. The molecule has 3 heterocycles. The van der Waals surface area contributed by atoms with Gasteiger partial charge in [0.25, 0.3) is 0 Å². The van der Waals surface area contributed by atoms with Gasteiger partial charge in [-0.15, -0.1) is 0 Å². The number of nitrogens with one attached hydrogen (secondary N) is 1. The molecule has 0 bridgehead atoms. The van der Waals surface area contributed by atoms with Gasteiger partial charge in [-0.2, -0.15) is 0 Å². The fourth-order valence-corrected chi connectivity index (χ4v) is 2.31. The first-order valence-electron chi connectivity index (χ1n) is 5.67. The number of hydrogen-bond acceptors (Lipinski definition) is 4. The van der Waals surface area contributed by atoms with E-state index in [2.05, 4.69) is 10.2 Å². The van der Waals surface area contributed by atoms with Crippen LogP contribution in [0.5, 0.6) is 0 Å². The minimum absolute atomic E-state index is 0.171. The fraction of sp³-hybridized carbons (Fsp3) is 0.333. The maximum Gasteiger partial charge on any atom is 0.249 e. The maximum absolute atomic E-state index is 11.7. The molecule has 0 unspecified atom stereocenters. The Labute approximate surface area is 99.1 Å². The lowest BCUT2D eigenvalue weighted by Gasteiger charge is -2.30. The van der Waals surface area contributed by atoms with Gasteiger partial charge in [0.15, 0.2) is 0 Å². The minimum Gasteiger partial charge on any atom is -0.346 e. The molecule has 5 nitrogen and oxygen atoms in total. The first kappa shape index (κ1) is 10.1. The van der Waals surface area contributed by atoms with Crippen molar-refractivity contribution >= 4 is 11.8 Å². The molecule has 0 aromatic rings. The highest BCUT2D eigenvalue weighted by Crippen LogP contribution is 2.24. The molecule has 0 aromatic heterocycles. The summed E-state index contributed by atoms with van der Waals surface area (Å²) in [6.07, 6.45) is 10.9. The molecule has 0 aromatic carbocycles. The van der Waals surface area contributed by atoms with Gasteiger partial charge in [0.1, 0.15) is 6.04 Å². The van der Waals surface area contributed by atoms with E-state index >= 15 is 0 Å². The molecular weight excluding hydrogens is 218 g/mol. The third-order valence-electron chi connectivity index (χ3n) is 3.20. The van der Waals surface area contributed by atoms with Crippen LogP contribution in [0, 0.1) is 0 Å². The first-order chi connectivity index (χ1) is 8.24. The Morgan fingerprint density at radius 3 is 2.94 bits per heavy atom. The number of amides is 2. The second kappa shape index (κ2) is 3.76. The molecular formula is C12H13N3O2. The third kappa shape index (κ3) is 1.73. The quantitative estimate of drug-likeness (QED) is 0.659. The first-order valence-corrected chi connectivity index (χ1v) is 5.67. The Hall–Kier alpha value is -2.04. The molecule has 17 heavy (non-hydrogen) atoms. The zero-order valence-corrected chi connectivity index (χ0v) is 9.30. The lowest BCUT2D eigenvalue weighted by atomic mass is 10.1. The van der Waals surface area contributed by atoms with Gasteiger partial charge in [-0.3, -0.25) is 14.9 Å². The van der Waals surface area contributed by atoms with Gasteiger partial charge in [0.2, 0.25) is 11.8 Å². The number of piperidine rings is 1. The molecule has 2 amide bonds. The van der Waals surface area contributed by atoms with E-state index in [0.717, 1.165) is 5.70 Å². The molecule has 88 valence electrons. The van der Waals surface area contributed by atoms with Crippen molar-refractivity contribution in [1.82, 2.24) is 15.1 Å². The molecule has 0 aliphatic carbocycles. The Bertz CT molecular complexity index is 464. The molecule has 3 aliphatic rings. The molecule has 1 atom stereocenters. The highest BCUT2D eigenvalue weighted by molar-refractivity contribution is 6.00. The number of carbonyl (C=O) groups excluding carboxylic acids is 2. The van der Waals surface area contributed by atoms with E-state index in [9.17, 15) is 9.59 Å². The van der Waals surface area contributed by atoms with Crippen molar-refractivity contribution in [1.29, 1.82) is 0 Å². The molecule has 3 rings (SSSR count). The van der Waals surface area contributed by atoms with E-state index in [0.29, 0.717) is 19.5 Å². The maximum atomic E-state index is 11.7.